The maximum atomic E-state index is 9.65. The Kier molecular flexibility index (Phi) is 7.85. The predicted molar refractivity (Wildman–Crippen MR) is 135 cm³/mol. The summed E-state index contributed by atoms with van der Waals surface area (Å²) in [6.07, 6.45) is 1.08. The summed E-state index contributed by atoms with van der Waals surface area (Å²) in [6.45, 7) is 11.4. The van der Waals surface area contributed by atoms with Crippen LogP contribution in [0.1, 0.15) is 23.1 Å². The van der Waals surface area contributed by atoms with Gasteiger partial charge in [-0.1, -0.05) is 12.1 Å². The molecule has 1 fully saturated rings. The summed E-state index contributed by atoms with van der Waals surface area (Å²) in [5.74, 6) is 0.908. The molecule has 33 heavy (non-hydrogen) atoms. The molecule has 1 aliphatic rings. The molecule has 1 aromatic heterocycles. The fraction of sp³-hybridized carbons (Fsp3) is 0.500. The molecular formula is C26H37N5O2. The van der Waals surface area contributed by atoms with Gasteiger partial charge in [0.2, 0.25) is 5.95 Å². The molecular weight excluding hydrogens is 414 g/mol. The minimum atomic E-state index is 0.124. The summed E-state index contributed by atoms with van der Waals surface area (Å²) in [4.78, 5) is 9.50. The molecule has 0 saturated carbocycles. The maximum Gasteiger partial charge on any atom is 0.203 e. The number of aryl methyl sites for hydroxylation is 3. The molecule has 2 aromatic carbocycles. The van der Waals surface area contributed by atoms with E-state index in [0.717, 1.165) is 75.0 Å². The first kappa shape index (κ1) is 23.5. The van der Waals surface area contributed by atoms with E-state index in [1.165, 1.54) is 16.7 Å². The van der Waals surface area contributed by atoms with Crippen LogP contribution in [0.5, 0.6) is 0 Å². The van der Waals surface area contributed by atoms with Crippen LogP contribution in [0.15, 0.2) is 36.4 Å². The minimum absolute atomic E-state index is 0.124. The van der Waals surface area contributed by atoms with Crippen molar-refractivity contribution in [3.63, 3.8) is 0 Å². The van der Waals surface area contributed by atoms with Crippen LogP contribution >= 0.6 is 0 Å². The molecule has 1 saturated heterocycles. The fourth-order valence-electron chi connectivity index (χ4n) is 4.59. The topological polar surface area (TPSA) is 65.8 Å². The van der Waals surface area contributed by atoms with Crippen LogP contribution in [0.4, 0.5) is 11.6 Å². The van der Waals surface area contributed by atoms with E-state index in [1.807, 2.05) is 0 Å². The molecule has 3 aromatic rings. The van der Waals surface area contributed by atoms with Crippen LogP contribution in [-0.2, 0) is 18.3 Å². The number of aromatic nitrogens is 2. The SMILES string of the molecule is Cc1cc(C)cc(N(CCO)Cc2ccc3nc(NCCCN4CCOCC4)n(C)c3c2)c1. The molecule has 1 aliphatic heterocycles. The van der Waals surface area contributed by atoms with Crippen LogP contribution in [0, 0.1) is 13.8 Å². The van der Waals surface area contributed by atoms with Crippen LogP contribution in [0.3, 0.4) is 0 Å². The van der Waals surface area contributed by atoms with Crippen molar-refractivity contribution >= 4 is 22.7 Å². The lowest BCUT2D eigenvalue weighted by Crippen LogP contribution is -2.37. The lowest BCUT2D eigenvalue weighted by molar-refractivity contribution is 0.0378. The molecule has 7 nitrogen and oxygen atoms in total. The normalized spacial score (nSPS) is 14.7. The molecule has 0 bridgehead atoms. The third kappa shape index (κ3) is 6.05. The molecule has 0 spiro atoms. The van der Waals surface area contributed by atoms with Gasteiger partial charge in [-0.05, 0) is 67.8 Å². The second kappa shape index (κ2) is 11.0. The smallest absolute Gasteiger partial charge is 0.203 e. The summed E-state index contributed by atoms with van der Waals surface area (Å²) >= 11 is 0. The Labute approximate surface area is 197 Å². The molecule has 2 heterocycles. The maximum absolute atomic E-state index is 9.65. The predicted octanol–water partition coefficient (Wildman–Crippen LogP) is 3.32. The number of nitrogens with one attached hydrogen (secondary N) is 1. The van der Waals surface area contributed by atoms with E-state index in [4.69, 9.17) is 9.72 Å². The van der Waals surface area contributed by atoms with Crippen molar-refractivity contribution < 1.29 is 9.84 Å². The molecule has 2 N–H and O–H groups in total. The number of rotatable bonds is 10. The number of morpholine rings is 1. The number of ether oxygens (including phenoxy) is 1. The number of anilines is 2. The highest BCUT2D eigenvalue weighted by Crippen LogP contribution is 2.24. The Hall–Kier alpha value is -2.61. The average molecular weight is 452 g/mol. The summed E-state index contributed by atoms with van der Waals surface area (Å²) in [6, 6.07) is 13.0. The first-order valence-electron chi connectivity index (χ1n) is 12.0. The van der Waals surface area contributed by atoms with Gasteiger partial charge in [-0.15, -0.1) is 0 Å². The molecule has 0 aliphatic carbocycles. The van der Waals surface area contributed by atoms with E-state index in [9.17, 15) is 5.11 Å². The minimum Gasteiger partial charge on any atom is -0.395 e. The van der Waals surface area contributed by atoms with Gasteiger partial charge >= 0.3 is 0 Å². The Balaban J connectivity index is 1.43. The molecule has 178 valence electrons. The zero-order valence-corrected chi connectivity index (χ0v) is 20.2. The van der Waals surface area contributed by atoms with Crippen molar-refractivity contribution in [2.24, 2.45) is 7.05 Å². The van der Waals surface area contributed by atoms with E-state index >= 15 is 0 Å². The lowest BCUT2D eigenvalue weighted by atomic mass is 10.1. The fourth-order valence-corrected chi connectivity index (χ4v) is 4.59. The van der Waals surface area contributed by atoms with Gasteiger partial charge in [0.1, 0.15) is 0 Å². The van der Waals surface area contributed by atoms with Crippen LogP contribution in [-0.4, -0.2) is 72.1 Å². The summed E-state index contributed by atoms with van der Waals surface area (Å²) < 4.78 is 7.56. The van der Waals surface area contributed by atoms with Gasteiger partial charge in [0, 0.05) is 45.5 Å². The number of fused-ring (bicyclic) bond motifs is 1. The highest BCUT2D eigenvalue weighted by Gasteiger charge is 2.13. The summed E-state index contributed by atoms with van der Waals surface area (Å²) in [5, 5.41) is 13.2. The van der Waals surface area contributed by atoms with Gasteiger partial charge in [0.25, 0.3) is 0 Å². The molecule has 0 radical (unpaired) electrons. The van der Waals surface area contributed by atoms with Gasteiger partial charge < -0.3 is 24.6 Å². The average Bonchev–Trinajstić information content (AvgIpc) is 3.11. The highest BCUT2D eigenvalue weighted by molar-refractivity contribution is 5.79. The van der Waals surface area contributed by atoms with E-state index in [0.29, 0.717) is 6.54 Å². The van der Waals surface area contributed by atoms with Crippen molar-refractivity contribution in [3.05, 3.63) is 53.1 Å². The summed E-state index contributed by atoms with van der Waals surface area (Å²) in [5.41, 5.74) is 6.94. The zero-order chi connectivity index (χ0) is 23.2. The number of aliphatic hydroxyl groups is 1. The van der Waals surface area contributed by atoms with Crippen molar-refractivity contribution in [1.82, 2.24) is 14.5 Å². The van der Waals surface area contributed by atoms with Crippen molar-refractivity contribution in [2.75, 3.05) is 62.8 Å². The number of nitrogens with zero attached hydrogens (tertiary/aromatic N) is 4. The van der Waals surface area contributed by atoms with Crippen molar-refractivity contribution in [1.29, 1.82) is 0 Å². The number of aliphatic hydroxyl groups excluding tert-OH is 1. The van der Waals surface area contributed by atoms with Crippen LogP contribution in [0.2, 0.25) is 0 Å². The first-order chi connectivity index (χ1) is 16.0. The number of hydrogen-bond donors (Lipinski definition) is 2. The van der Waals surface area contributed by atoms with E-state index in [2.05, 4.69) is 77.0 Å². The van der Waals surface area contributed by atoms with E-state index in [-0.39, 0.29) is 6.61 Å². The second-order valence-electron chi connectivity index (χ2n) is 9.04. The molecule has 0 amide bonds. The Morgan fingerprint density at radius 2 is 1.85 bits per heavy atom. The number of hydrogen-bond acceptors (Lipinski definition) is 6. The van der Waals surface area contributed by atoms with Gasteiger partial charge in [0.05, 0.1) is 30.9 Å². The Morgan fingerprint density at radius 3 is 2.58 bits per heavy atom. The van der Waals surface area contributed by atoms with Crippen LogP contribution in [0.25, 0.3) is 11.0 Å². The second-order valence-corrected chi connectivity index (χ2v) is 9.04. The highest BCUT2D eigenvalue weighted by atomic mass is 16.5. The third-order valence-corrected chi connectivity index (χ3v) is 6.30. The molecule has 0 atom stereocenters. The Bertz CT molecular complexity index is 1040. The van der Waals surface area contributed by atoms with Crippen LogP contribution < -0.4 is 10.2 Å². The third-order valence-electron chi connectivity index (χ3n) is 6.30. The largest absolute Gasteiger partial charge is 0.395 e. The molecule has 4 rings (SSSR count). The Morgan fingerprint density at radius 1 is 1.09 bits per heavy atom. The molecule has 0 unspecified atom stereocenters. The van der Waals surface area contributed by atoms with Gasteiger partial charge in [-0.25, -0.2) is 4.98 Å². The molecule has 7 heteroatoms. The monoisotopic (exact) mass is 451 g/mol. The zero-order valence-electron chi connectivity index (χ0n) is 20.2. The lowest BCUT2D eigenvalue weighted by Gasteiger charge is -2.26. The van der Waals surface area contributed by atoms with Gasteiger partial charge in [0.15, 0.2) is 0 Å². The van der Waals surface area contributed by atoms with Gasteiger partial charge in [-0.3, -0.25) is 4.90 Å². The number of benzene rings is 2. The summed E-state index contributed by atoms with van der Waals surface area (Å²) in [7, 11) is 2.07. The number of imidazole rings is 1. The van der Waals surface area contributed by atoms with E-state index in [1.54, 1.807) is 0 Å². The first-order valence-corrected chi connectivity index (χ1v) is 12.0. The quantitative estimate of drug-likeness (QED) is 0.461. The van der Waals surface area contributed by atoms with Crippen molar-refractivity contribution in [3.8, 4) is 0 Å². The van der Waals surface area contributed by atoms with E-state index < -0.39 is 0 Å². The van der Waals surface area contributed by atoms with Crippen molar-refractivity contribution in [2.45, 2.75) is 26.8 Å². The van der Waals surface area contributed by atoms with Gasteiger partial charge in [-0.2, -0.15) is 0 Å². The standard InChI is InChI=1S/C26H37N5O2/c1-20-15-21(2)17-23(16-20)31(9-12-32)19-22-5-6-24-25(18-22)29(3)26(28-24)27-7-4-8-30-10-13-33-14-11-30/h5-6,15-18,32H,4,7-14,19H2,1-3H3,(H,27,28).